The number of urea groups is 1. The third kappa shape index (κ3) is 3.67. The maximum Gasteiger partial charge on any atom is 0.335 e. The second-order valence-electron chi connectivity index (χ2n) is 5.48. The number of rotatable bonds is 3. The molecule has 2 aromatic rings. The minimum Gasteiger partial charge on any atom is -0.504 e. The van der Waals surface area contributed by atoms with Gasteiger partial charge in [0.2, 0.25) is 0 Å². The van der Waals surface area contributed by atoms with Gasteiger partial charge in [0.25, 0.3) is 11.8 Å². The number of amides is 4. The van der Waals surface area contributed by atoms with Crippen LogP contribution in [0.25, 0.3) is 6.08 Å². The Morgan fingerprint density at radius 2 is 1.85 bits per heavy atom. The monoisotopic (exact) mass is 450 g/mol. The van der Waals surface area contributed by atoms with Gasteiger partial charge in [0.15, 0.2) is 11.5 Å². The molecule has 3 rings (SSSR count). The Bertz CT molecular complexity index is 988. The van der Waals surface area contributed by atoms with Crippen molar-refractivity contribution in [2.24, 2.45) is 0 Å². The average Bonchev–Trinajstić information content (AvgIpc) is 2.61. The molecule has 0 bridgehead atoms. The third-order valence-corrected chi connectivity index (χ3v) is 4.72. The molecule has 0 atom stereocenters. The Balaban J connectivity index is 2.06. The fraction of sp³-hybridized carbons (Fsp3) is 0.0556. The Morgan fingerprint density at radius 1 is 1.19 bits per heavy atom. The number of aromatic hydroxyl groups is 1. The molecule has 0 saturated carbocycles. The molecule has 1 heterocycles. The molecule has 1 fully saturated rings. The zero-order valence-corrected chi connectivity index (χ0v) is 16.2. The topological polar surface area (TPSA) is 95.9 Å². The fourth-order valence-corrected chi connectivity index (χ4v) is 3.04. The number of imide groups is 2. The molecule has 1 aliphatic heterocycles. The summed E-state index contributed by atoms with van der Waals surface area (Å²) in [4.78, 5) is 38.0. The third-order valence-electron chi connectivity index (χ3n) is 3.78. The molecule has 0 radical (unpaired) electrons. The van der Waals surface area contributed by atoms with E-state index in [1.165, 1.54) is 49.6 Å². The molecule has 1 saturated heterocycles. The van der Waals surface area contributed by atoms with Crippen molar-refractivity contribution in [2.75, 3.05) is 12.0 Å². The summed E-state index contributed by atoms with van der Waals surface area (Å²) in [5, 5.41) is 12.4. The molecule has 0 aliphatic carbocycles. The second kappa shape index (κ2) is 7.42. The number of carbonyl (C=O) groups is 3. The van der Waals surface area contributed by atoms with Crippen LogP contribution in [-0.4, -0.2) is 30.1 Å². The first kappa shape index (κ1) is 18.9. The molecule has 0 spiro atoms. The van der Waals surface area contributed by atoms with Crippen LogP contribution in [0.4, 0.5) is 10.5 Å². The lowest BCUT2D eigenvalue weighted by Gasteiger charge is -2.26. The predicted octanol–water partition coefficient (Wildman–Crippen LogP) is 3.48. The Kier molecular flexibility index (Phi) is 5.20. The van der Waals surface area contributed by atoms with Crippen LogP contribution < -0.4 is 15.0 Å². The molecule has 0 aromatic heterocycles. The van der Waals surface area contributed by atoms with Gasteiger partial charge in [0.05, 0.1) is 12.8 Å². The van der Waals surface area contributed by atoms with Crippen molar-refractivity contribution < 1.29 is 24.2 Å². The highest BCUT2D eigenvalue weighted by Crippen LogP contribution is 2.34. The molecule has 27 heavy (non-hydrogen) atoms. The van der Waals surface area contributed by atoms with E-state index in [0.717, 1.165) is 4.90 Å². The summed E-state index contributed by atoms with van der Waals surface area (Å²) in [5.74, 6) is -1.55. The van der Waals surface area contributed by atoms with E-state index in [9.17, 15) is 19.5 Å². The van der Waals surface area contributed by atoms with Gasteiger partial charge in [0, 0.05) is 9.50 Å². The van der Waals surface area contributed by atoms with Gasteiger partial charge in [-0.1, -0.05) is 27.5 Å². The summed E-state index contributed by atoms with van der Waals surface area (Å²) in [5.41, 5.74) is 0.425. The predicted molar refractivity (Wildman–Crippen MR) is 103 cm³/mol. The summed E-state index contributed by atoms with van der Waals surface area (Å²) < 4.78 is 5.47. The van der Waals surface area contributed by atoms with Crippen LogP contribution >= 0.6 is 27.5 Å². The zero-order valence-electron chi connectivity index (χ0n) is 13.8. The van der Waals surface area contributed by atoms with E-state index in [1.807, 2.05) is 0 Å². The van der Waals surface area contributed by atoms with Crippen LogP contribution in [0, 0.1) is 0 Å². The lowest BCUT2D eigenvalue weighted by molar-refractivity contribution is -0.122. The Labute approximate surface area is 167 Å². The maximum atomic E-state index is 12.8. The number of phenolic OH excluding ortho intramolecular Hbond substituents is 1. The molecular formula is C18H12BrClN2O5. The number of hydrogen-bond donors (Lipinski definition) is 2. The van der Waals surface area contributed by atoms with Gasteiger partial charge in [-0.3, -0.25) is 14.9 Å². The largest absolute Gasteiger partial charge is 0.504 e. The molecule has 4 amide bonds. The SMILES string of the molecule is COc1cc(/C=C2/C(=O)NC(=O)N(c3ccc(Cl)cc3)C2=O)c(Br)cc1O. The van der Waals surface area contributed by atoms with Crippen LogP contribution in [0.15, 0.2) is 46.4 Å². The number of benzene rings is 2. The Hall–Kier alpha value is -2.84. The van der Waals surface area contributed by atoms with Crippen molar-refractivity contribution in [1.82, 2.24) is 5.32 Å². The first-order valence-electron chi connectivity index (χ1n) is 7.55. The minimum absolute atomic E-state index is 0.107. The van der Waals surface area contributed by atoms with E-state index in [-0.39, 0.29) is 22.8 Å². The lowest BCUT2D eigenvalue weighted by atomic mass is 10.1. The molecule has 0 unspecified atom stereocenters. The number of nitrogens with zero attached hydrogens (tertiary/aromatic N) is 1. The van der Waals surface area contributed by atoms with Crippen LogP contribution in [0.5, 0.6) is 11.5 Å². The molecular weight excluding hydrogens is 440 g/mol. The quantitative estimate of drug-likeness (QED) is 0.550. The number of anilines is 1. The highest BCUT2D eigenvalue weighted by molar-refractivity contribution is 9.10. The van der Waals surface area contributed by atoms with Crippen molar-refractivity contribution in [3.63, 3.8) is 0 Å². The number of hydrogen-bond acceptors (Lipinski definition) is 5. The van der Waals surface area contributed by atoms with E-state index in [0.29, 0.717) is 15.1 Å². The van der Waals surface area contributed by atoms with Gasteiger partial charge < -0.3 is 9.84 Å². The average molecular weight is 452 g/mol. The summed E-state index contributed by atoms with van der Waals surface area (Å²) >= 11 is 9.09. The van der Waals surface area contributed by atoms with Crippen molar-refractivity contribution in [1.29, 1.82) is 0 Å². The van der Waals surface area contributed by atoms with Crippen molar-refractivity contribution in [2.45, 2.75) is 0 Å². The summed E-state index contributed by atoms with van der Waals surface area (Å²) in [6.07, 6.45) is 1.30. The van der Waals surface area contributed by atoms with Crippen molar-refractivity contribution >= 4 is 57.1 Å². The maximum absolute atomic E-state index is 12.8. The smallest absolute Gasteiger partial charge is 0.335 e. The normalized spacial score (nSPS) is 15.9. The number of halogens is 2. The number of nitrogens with one attached hydrogen (secondary N) is 1. The van der Waals surface area contributed by atoms with Crippen molar-refractivity contribution in [3.05, 3.63) is 57.0 Å². The Morgan fingerprint density at radius 3 is 2.48 bits per heavy atom. The fourth-order valence-electron chi connectivity index (χ4n) is 2.47. The lowest BCUT2D eigenvalue weighted by Crippen LogP contribution is -2.54. The number of phenols is 1. The van der Waals surface area contributed by atoms with Crippen LogP contribution in [0.3, 0.4) is 0 Å². The van der Waals surface area contributed by atoms with Gasteiger partial charge in [-0.05, 0) is 48.0 Å². The highest BCUT2D eigenvalue weighted by atomic mass is 79.9. The molecule has 2 aromatic carbocycles. The molecule has 9 heteroatoms. The summed E-state index contributed by atoms with van der Waals surface area (Å²) in [6.45, 7) is 0. The number of carbonyl (C=O) groups excluding carboxylic acids is 3. The second-order valence-corrected chi connectivity index (χ2v) is 6.77. The molecule has 138 valence electrons. The standard InChI is InChI=1S/C18H12BrClN2O5/c1-27-15-7-9(13(19)8-14(15)23)6-12-16(24)21-18(26)22(17(12)25)11-4-2-10(20)3-5-11/h2-8,23H,1H3,(H,21,24,26)/b12-6-. The number of methoxy groups -OCH3 is 1. The van der Waals surface area contributed by atoms with E-state index in [1.54, 1.807) is 0 Å². The van der Waals surface area contributed by atoms with Gasteiger partial charge in [-0.15, -0.1) is 0 Å². The molecule has 2 N–H and O–H groups in total. The minimum atomic E-state index is -0.855. The molecule has 1 aliphatic rings. The number of barbiturate groups is 1. The van der Waals surface area contributed by atoms with Crippen LogP contribution in [-0.2, 0) is 9.59 Å². The van der Waals surface area contributed by atoms with E-state index < -0.39 is 17.8 Å². The summed E-state index contributed by atoms with van der Waals surface area (Å²) in [6, 6.07) is 8.01. The van der Waals surface area contributed by atoms with Crippen molar-refractivity contribution in [3.8, 4) is 11.5 Å². The van der Waals surface area contributed by atoms with Crippen LogP contribution in [0.1, 0.15) is 5.56 Å². The highest BCUT2D eigenvalue weighted by Gasteiger charge is 2.36. The van der Waals surface area contributed by atoms with E-state index in [4.69, 9.17) is 16.3 Å². The van der Waals surface area contributed by atoms with Gasteiger partial charge in [0.1, 0.15) is 5.57 Å². The first-order valence-corrected chi connectivity index (χ1v) is 8.72. The van der Waals surface area contributed by atoms with E-state index >= 15 is 0 Å². The van der Waals surface area contributed by atoms with Crippen LogP contribution in [0.2, 0.25) is 5.02 Å². The first-order chi connectivity index (χ1) is 12.8. The van der Waals surface area contributed by atoms with Gasteiger partial charge in [-0.2, -0.15) is 0 Å². The summed E-state index contributed by atoms with van der Waals surface area (Å²) in [7, 11) is 1.37. The zero-order chi connectivity index (χ0) is 19.7. The number of ether oxygens (including phenoxy) is 1. The van der Waals surface area contributed by atoms with Gasteiger partial charge >= 0.3 is 6.03 Å². The molecule has 7 nitrogen and oxygen atoms in total. The van der Waals surface area contributed by atoms with E-state index in [2.05, 4.69) is 21.2 Å². The van der Waals surface area contributed by atoms with Gasteiger partial charge in [-0.25, -0.2) is 9.69 Å².